The van der Waals surface area contributed by atoms with Gasteiger partial charge in [-0.2, -0.15) is 0 Å². The highest BCUT2D eigenvalue weighted by molar-refractivity contribution is 6.12. The van der Waals surface area contributed by atoms with E-state index in [1.165, 1.54) is 21.5 Å². The van der Waals surface area contributed by atoms with Crippen molar-refractivity contribution in [1.29, 1.82) is 0 Å². The molecular formula is C38H28N2O. The minimum absolute atomic E-state index is 0.0208. The molecule has 7 aromatic rings. The van der Waals surface area contributed by atoms with Gasteiger partial charge in [-0.3, -0.25) is 4.79 Å². The first kappa shape index (κ1) is 24.6. The van der Waals surface area contributed by atoms with Crippen LogP contribution in [-0.4, -0.2) is 14.9 Å². The second-order valence-corrected chi connectivity index (χ2v) is 10.2. The lowest BCUT2D eigenvalue weighted by molar-refractivity contribution is 0.103. The highest BCUT2D eigenvalue weighted by Crippen LogP contribution is 2.33. The lowest BCUT2D eigenvalue weighted by Crippen LogP contribution is -2.03. The Morgan fingerprint density at radius 2 is 1.02 bits per heavy atom. The number of rotatable bonds is 6. The zero-order valence-corrected chi connectivity index (χ0v) is 22.8. The molecule has 0 aliphatic rings. The van der Waals surface area contributed by atoms with Gasteiger partial charge in [0.2, 0.25) is 0 Å². The largest absolute Gasteiger partial charge is 0.310 e. The summed E-state index contributed by atoms with van der Waals surface area (Å²) in [5.74, 6) is -0.0208. The summed E-state index contributed by atoms with van der Waals surface area (Å²) in [5, 5.41) is 4.80. The number of fused-ring (bicyclic) bond motifs is 6. The van der Waals surface area contributed by atoms with E-state index in [0.717, 1.165) is 33.5 Å². The van der Waals surface area contributed by atoms with Gasteiger partial charge in [-0.15, -0.1) is 0 Å². The molecule has 3 heteroatoms. The van der Waals surface area contributed by atoms with E-state index in [0.29, 0.717) is 11.1 Å². The normalized spacial score (nSPS) is 12.3. The molecule has 5 aromatic carbocycles. The molecule has 0 saturated heterocycles. The van der Waals surface area contributed by atoms with Crippen LogP contribution < -0.4 is 0 Å². The number of hydrogen-bond acceptors (Lipinski definition) is 1. The van der Waals surface area contributed by atoms with Crippen LogP contribution in [0.25, 0.3) is 55.0 Å². The molecule has 2 heterocycles. The van der Waals surface area contributed by atoms with Crippen LogP contribution in [0.3, 0.4) is 0 Å². The van der Waals surface area contributed by atoms with Gasteiger partial charge in [-0.05, 0) is 67.6 Å². The van der Waals surface area contributed by atoms with Gasteiger partial charge in [-0.25, -0.2) is 0 Å². The summed E-state index contributed by atoms with van der Waals surface area (Å²) >= 11 is 0. The van der Waals surface area contributed by atoms with Crippen molar-refractivity contribution in [3.63, 3.8) is 0 Å². The van der Waals surface area contributed by atoms with E-state index in [-0.39, 0.29) is 5.78 Å². The molecular weight excluding hydrogens is 500 g/mol. The summed E-state index contributed by atoms with van der Waals surface area (Å²) < 4.78 is 4.41. The lowest BCUT2D eigenvalue weighted by Gasteiger charge is -2.10. The van der Waals surface area contributed by atoms with Crippen LogP contribution >= 0.6 is 0 Å². The molecule has 0 unspecified atom stereocenters. The van der Waals surface area contributed by atoms with E-state index in [4.69, 9.17) is 0 Å². The number of Topliss-reactive ketones (excluding diaryl/α,β-unsaturated/α-hetero) is 1. The second-order valence-electron chi connectivity index (χ2n) is 10.2. The topological polar surface area (TPSA) is 26.9 Å². The summed E-state index contributed by atoms with van der Waals surface area (Å²) in [4.78, 5) is 13.6. The van der Waals surface area contributed by atoms with Crippen LogP contribution in [0.2, 0.25) is 0 Å². The fourth-order valence-corrected chi connectivity index (χ4v) is 5.92. The first-order chi connectivity index (χ1) is 20.2. The van der Waals surface area contributed by atoms with Crippen LogP contribution in [-0.2, 0) is 0 Å². The Morgan fingerprint density at radius 1 is 0.585 bits per heavy atom. The number of carbonyl (C=O) groups is 1. The molecule has 0 aliphatic heterocycles. The smallest absolute Gasteiger partial charge is 0.192 e. The summed E-state index contributed by atoms with van der Waals surface area (Å²) in [6.45, 7) is 6.26. The molecule has 0 saturated carbocycles. The van der Waals surface area contributed by atoms with Crippen LogP contribution in [0.1, 0.15) is 17.3 Å². The summed E-state index contributed by atoms with van der Waals surface area (Å²) in [6, 6.07) is 41.4. The van der Waals surface area contributed by atoms with Gasteiger partial charge in [0.25, 0.3) is 0 Å². The number of para-hydroxylation sites is 4. The Labute approximate surface area is 238 Å². The van der Waals surface area contributed by atoms with Crippen LogP contribution in [0.5, 0.6) is 0 Å². The van der Waals surface area contributed by atoms with Crippen LogP contribution in [0, 0.1) is 0 Å². The van der Waals surface area contributed by atoms with Crippen molar-refractivity contribution < 1.29 is 4.79 Å². The average molecular weight is 529 g/mol. The molecule has 0 atom stereocenters. The van der Waals surface area contributed by atoms with Gasteiger partial charge >= 0.3 is 0 Å². The second kappa shape index (κ2) is 9.96. The van der Waals surface area contributed by atoms with Crippen molar-refractivity contribution in [2.45, 2.75) is 6.92 Å². The van der Waals surface area contributed by atoms with E-state index < -0.39 is 0 Å². The van der Waals surface area contributed by atoms with Gasteiger partial charge in [0, 0.05) is 44.1 Å². The van der Waals surface area contributed by atoms with Gasteiger partial charge in [0.1, 0.15) is 0 Å². The maximum Gasteiger partial charge on any atom is 0.192 e. The van der Waals surface area contributed by atoms with Gasteiger partial charge < -0.3 is 9.13 Å². The minimum Gasteiger partial charge on any atom is -0.310 e. The Kier molecular flexibility index (Phi) is 5.98. The standard InChI is InChI=1S/C38H28N2O/c1-3-27(21-20-26(2)39-34-16-8-4-12-30(34)31-13-5-9-17-35(31)39)38(41)28-22-24-29(25-23-28)40-36-18-10-6-14-32(36)33-15-7-11-19-37(33)40/h3-25H,2H2,1H3/b21-20-,27-3+. The van der Waals surface area contributed by atoms with Crippen molar-refractivity contribution >= 4 is 55.1 Å². The Balaban J connectivity index is 1.20. The highest BCUT2D eigenvalue weighted by Gasteiger charge is 2.14. The van der Waals surface area contributed by atoms with E-state index in [1.54, 1.807) is 0 Å². The van der Waals surface area contributed by atoms with Gasteiger partial charge in [-0.1, -0.05) is 85.5 Å². The van der Waals surface area contributed by atoms with Crippen molar-refractivity contribution in [1.82, 2.24) is 9.13 Å². The average Bonchev–Trinajstić information content (AvgIpc) is 3.54. The number of benzene rings is 5. The molecule has 0 amide bonds. The maximum atomic E-state index is 13.6. The van der Waals surface area contributed by atoms with E-state index in [1.807, 2.05) is 61.5 Å². The molecule has 7 rings (SSSR count). The first-order valence-electron chi connectivity index (χ1n) is 13.8. The molecule has 0 bridgehead atoms. The molecule has 0 aliphatic carbocycles. The van der Waals surface area contributed by atoms with Crippen LogP contribution in [0.4, 0.5) is 0 Å². The Bertz CT molecular complexity index is 2080. The summed E-state index contributed by atoms with van der Waals surface area (Å²) in [7, 11) is 0. The number of aromatic nitrogens is 2. The molecule has 41 heavy (non-hydrogen) atoms. The van der Waals surface area contributed by atoms with E-state index in [2.05, 4.69) is 101 Å². The minimum atomic E-state index is -0.0208. The first-order valence-corrected chi connectivity index (χ1v) is 13.8. The van der Waals surface area contributed by atoms with E-state index >= 15 is 0 Å². The molecule has 196 valence electrons. The Morgan fingerprint density at radius 3 is 1.51 bits per heavy atom. The summed E-state index contributed by atoms with van der Waals surface area (Å²) in [5.41, 5.74) is 7.58. The van der Waals surface area contributed by atoms with Crippen LogP contribution in [0.15, 0.2) is 152 Å². The van der Waals surface area contributed by atoms with Crippen molar-refractivity contribution in [2.75, 3.05) is 0 Å². The van der Waals surface area contributed by atoms with Gasteiger partial charge in [0.15, 0.2) is 5.78 Å². The predicted molar refractivity (Wildman–Crippen MR) is 173 cm³/mol. The quantitative estimate of drug-likeness (QED) is 0.120. The van der Waals surface area contributed by atoms with E-state index in [9.17, 15) is 4.79 Å². The third kappa shape index (κ3) is 4.02. The van der Waals surface area contributed by atoms with Crippen molar-refractivity contribution in [3.8, 4) is 5.69 Å². The van der Waals surface area contributed by atoms with Crippen molar-refractivity contribution in [3.05, 3.63) is 157 Å². The molecule has 0 spiro atoms. The number of ketones is 1. The SMILES string of the molecule is C=C(/C=C\C(=C/C)C(=O)c1ccc(-n2c3ccccc3c3ccccc32)cc1)n1c2ccccc2c2ccccc21. The molecule has 0 radical (unpaired) electrons. The number of carbonyl (C=O) groups excluding carboxylic acids is 1. The maximum absolute atomic E-state index is 13.6. The molecule has 3 nitrogen and oxygen atoms in total. The van der Waals surface area contributed by atoms with Gasteiger partial charge in [0.05, 0.1) is 22.1 Å². The highest BCUT2D eigenvalue weighted by atomic mass is 16.1. The molecule has 0 fully saturated rings. The number of hydrogen-bond donors (Lipinski definition) is 0. The number of allylic oxidation sites excluding steroid dienone is 5. The Hall–Kier alpha value is -5.41. The fraction of sp³-hybridized carbons (Fsp3) is 0.0263. The fourth-order valence-electron chi connectivity index (χ4n) is 5.92. The number of nitrogens with zero attached hydrogens (tertiary/aromatic N) is 2. The zero-order chi connectivity index (χ0) is 27.9. The summed E-state index contributed by atoms with van der Waals surface area (Å²) in [6.07, 6.45) is 5.66. The predicted octanol–water partition coefficient (Wildman–Crippen LogP) is 9.75. The third-order valence-electron chi connectivity index (χ3n) is 7.86. The molecule has 2 aromatic heterocycles. The molecule has 0 N–H and O–H groups in total. The zero-order valence-electron chi connectivity index (χ0n) is 22.8. The lowest BCUT2D eigenvalue weighted by atomic mass is 10.0. The third-order valence-corrected chi connectivity index (χ3v) is 7.86. The van der Waals surface area contributed by atoms with Crippen molar-refractivity contribution in [2.24, 2.45) is 0 Å². The monoisotopic (exact) mass is 528 g/mol.